The lowest BCUT2D eigenvalue weighted by atomic mass is 10.1. The van der Waals surface area contributed by atoms with E-state index < -0.39 is 0 Å². The number of halogens is 2. The fourth-order valence-electron chi connectivity index (χ4n) is 3.33. The molecule has 0 amide bonds. The summed E-state index contributed by atoms with van der Waals surface area (Å²) in [5, 5.41) is 9.28. The summed E-state index contributed by atoms with van der Waals surface area (Å²) in [5.41, 5.74) is 4.43. The zero-order chi connectivity index (χ0) is 21.1. The Morgan fingerprint density at radius 2 is 1.87 bits per heavy atom. The largest absolute Gasteiger partial charge is 0.472 e. The second-order valence-electron chi connectivity index (χ2n) is 7.19. The van der Waals surface area contributed by atoms with Crippen molar-refractivity contribution >= 4 is 22.5 Å². The van der Waals surface area contributed by atoms with Crippen LogP contribution in [0.5, 0.6) is 5.88 Å². The second kappa shape index (κ2) is 8.81. The average molecular weight is 425 g/mol. The van der Waals surface area contributed by atoms with Crippen molar-refractivity contribution in [3.63, 3.8) is 0 Å². The fourth-order valence-corrected chi connectivity index (χ4v) is 3.52. The van der Waals surface area contributed by atoms with Gasteiger partial charge >= 0.3 is 0 Å². The molecule has 0 atom stereocenters. The normalized spacial score (nSPS) is 11.2. The maximum Gasteiger partial charge on any atom is 0.218 e. The minimum Gasteiger partial charge on any atom is -0.472 e. The molecule has 7 heteroatoms. The summed E-state index contributed by atoms with van der Waals surface area (Å²) in [6, 6.07) is 14.1. The summed E-state index contributed by atoms with van der Waals surface area (Å²) < 4.78 is 21.5. The van der Waals surface area contributed by atoms with Gasteiger partial charge in [0.15, 0.2) is 0 Å². The molecule has 4 rings (SSSR count). The summed E-state index contributed by atoms with van der Waals surface area (Å²) in [6.45, 7) is 3.49. The van der Waals surface area contributed by atoms with Gasteiger partial charge in [-0.2, -0.15) is 5.10 Å². The van der Waals surface area contributed by atoms with Crippen LogP contribution in [-0.4, -0.2) is 14.8 Å². The van der Waals surface area contributed by atoms with E-state index in [2.05, 4.69) is 15.4 Å². The Kier molecular flexibility index (Phi) is 5.97. The van der Waals surface area contributed by atoms with Crippen LogP contribution < -0.4 is 10.1 Å². The average Bonchev–Trinajstić information content (AvgIpc) is 3.04. The predicted octanol–water partition coefficient (Wildman–Crippen LogP) is 4.94. The quantitative estimate of drug-likeness (QED) is 0.456. The van der Waals surface area contributed by atoms with Crippen molar-refractivity contribution in [3.8, 4) is 5.88 Å². The number of pyridine rings is 1. The molecule has 0 aliphatic heterocycles. The Morgan fingerprint density at radius 1 is 1.07 bits per heavy atom. The zero-order valence-corrected chi connectivity index (χ0v) is 17.6. The van der Waals surface area contributed by atoms with E-state index >= 15 is 0 Å². The molecule has 2 aromatic heterocycles. The van der Waals surface area contributed by atoms with Crippen LogP contribution in [-0.2, 0) is 26.7 Å². The molecule has 0 unspecified atom stereocenters. The summed E-state index contributed by atoms with van der Waals surface area (Å²) in [4.78, 5) is 4.57. The molecule has 1 N–H and O–H groups in total. The van der Waals surface area contributed by atoms with Gasteiger partial charge in [0, 0.05) is 59.5 Å². The van der Waals surface area contributed by atoms with Crippen molar-refractivity contribution in [2.24, 2.45) is 7.05 Å². The Balaban J connectivity index is 1.57. The first-order valence-corrected chi connectivity index (χ1v) is 10.0. The number of rotatable bonds is 7. The molecule has 30 heavy (non-hydrogen) atoms. The SMILES string of the molecule is Cc1nn(C)cc1CNCc1cc2ccc(F)cc2nc1OCc1ccccc1Cl. The van der Waals surface area contributed by atoms with E-state index in [9.17, 15) is 4.39 Å². The number of hydrogen-bond donors (Lipinski definition) is 1. The first kappa shape index (κ1) is 20.3. The first-order valence-electron chi connectivity index (χ1n) is 9.65. The molecule has 2 aromatic carbocycles. The van der Waals surface area contributed by atoms with Crippen LogP contribution in [0.1, 0.15) is 22.4 Å². The molecule has 0 radical (unpaired) electrons. The van der Waals surface area contributed by atoms with Gasteiger partial charge in [0.25, 0.3) is 0 Å². The Labute approximate surface area is 179 Å². The van der Waals surface area contributed by atoms with Crippen LogP contribution in [0.3, 0.4) is 0 Å². The van der Waals surface area contributed by atoms with Gasteiger partial charge in [-0.25, -0.2) is 9.37 Å². The monoisotopic (exact) mass is 424 g/mol. The molecule has 0 fully saturated rings. The van der Waals surface area contributed by atoms with E-state index in [1.165, 1.54) is 12.1 Å². The van der Waals surface area contributed by atoms with E-state index in [1.807, 2.05) is 50.5 Å². The van der Waals surface area contributed by atoms with Crippen LogP contribution in [0, 0.1) is 12.7 Å². The molecule has 0 saturated carbocycles. The van der Waals surface area contributed by atoms with Crippen molar-refractivity contribution in [1.82, 2.24) is 20.1 Å². The molecular formula is C23H22ClFN4O. The van der Waals surface area contributed by atoms with Crippen molar-refractivity contribution in [1.29, 1.82) is 0 Å². The highest BCUT2D eigenvalue weighted by Gasteiger charge is 2.11. The van der Waals surface area contributed by atoms with Crippen molar-refractivity contribution in [2.75, 3.05) is 0 Å². The second-order valence-corrected chi connectivity index (χ2v) is 7.59. The Bertz CT molecular complexity index is 1190. The van der Waals surface area contributed by atoms with Gasteiger partial charge in [0.05, 0.1) is 11.2 Å². The third kappa shape index (κ3) is 4.61. The van der Waals surface area contributed by atoms with E-state index in [-0.39, 0.29) is 12.4 Å². The lowest BCUT2D eigenvalue weighted by molar-refractivity contribution is 0.291. The molecular weight excluding hydrogens is 403 g/mol. The Morgan fingerprint density at radius 3 is 2.63 bits per heavy atom. The topological polar surface area (TPSA) is 52.0 Å². The first-order chi connectivity index (χ1) is 14.5. The van der Waals surface area contributed by atoms with E-state index in [4.69, 9.17) is 16.3 Å². The van der Waals surface area contributed by atoms with E-state index in [1.54, 1.807) is 10.7 Å². The number of benzene rings is 2. The van der Waals surface area contributed by atoms with Crippen LogP contribution in [0.4, 0.5) is 4.39 Å². The van der Waals surface area contributed by atoms with Crippen molar-refractivity contribution < 1.29 is 9.13 Å². The standard InChI is InChI=1S/C23H22ClFN4O/c1-15-19(13-29(2)28-15)12-26-11-18-9-16-7-8-20(25)10-22(16)27-23(18)30-14-17-5-3-4-6-21(17)24/h3-10,13,26H,11-12,14H2,1-2H3. The molecule has 2 heterocycles. The molecule has 5 nitrogen and oxygen atoms in total. The summed E-state index contributed by atoms with van der Waals surface area (Å²) >= 11 is 6.24. The maximum absolute atomic E-state index is 13.7. The molecule has 0 aliphatic carbocycles. The zero-order valence-electron chi connectivity index (χ0n) is 16.8. The number of hydrogen-bond acceptors (Lipinski definition) is 4. The molecule has 0 saturated heterocycles. The number of nitrogens with zero attached hydrogens (tertiary/aromatic N) is 3. The summed E-state index contributed by atoms with van der Waals surface area (Å²) in [6.07, 6.45) is 2.00. The van der Waals surface area contributed by atoms with Crippen LogP contribution in [0.2, 0.25) is 5.02 Å². The van der Waals surface area contributed by atoms with Gasteiger partial charge in [-0.3, -0.25) is 4.68 Å². The Hall–Kier alpha value is -2.96. The van der Waals surface area contributed by atoms with E-state index in [0.29, 0.717) is 29.5 Å². The van der Waals surface area contributed by atoms with E-state index in [0.717, 1.165) is 27.8 Å². The van der Waals surface area contributed by atoms with Gasteiger partial charge in [-0.1, -0.05) is 29.8 Å². The third-order valence-electron chi connectivity index (χ3n) is 4.89. The predicted molar refractivity (Wildman–Crippen MR) is 116 cm³/mol. The lowest BCUT2D eigenvalue weighted by Gasteiger charge is -2.13. The van der Waals surface area contributed by atoms with Gasteiger partial charge in [-0.15, -0.1) is 0 Å². The number of nitrogens with one attached hydrogen (secondary N) is 1. The van der Waals surface area contributed by atoms with Crippen molar-refractivity contribution in [2.45, 2.75) is 26.6 Å². The summed E-state index contributed by atoms with van der Waals surface area (Å²) in [5.74, 6) is 0.133. The molecule has 4 aromatic rings. The highest BCUT2D eigenvalue weighted by Crippen LogP contribution is 2.25. The van der Waals surface area contributed by atoms with Crippen LogP contribution >= 0.6 is 11.6 Å². The van der Waals surface area contributed by atoms with Gasteiger partial charge < -0.3 is 10.1 Å². The van der Waals surface area contributed by atoms with Gasteiger partial charge in [0.1, 0.15) is 12.4 Å². The lowest BCUT2D eigenvalue weighted by Crippen LogP contribution is -2.14. The maximum atomic E-state index is 13.7. The van der Waals surface area contributed by atoms with Gasteiger partial charge in [0.2, 0.25) is 5.88 Å². The number of fused-ring (bicyclic) bond motifs is 1. The van der Waals surface area contributed by atoms with Crippen LogP contribution in [0.25, 0.3) is 10.9 Å². The minimum atomic E-state index is -0.329. The molecule has 154 valence electrons. The van der Waals surface area contributed by atoms with Crippen LogP contribution in [0.15, 0.2) is 54.7 Å². The fraction of sp³-hybridized carbons (Fsp3) is 0.217. The molecule has 0 spiro atoms. The number of ether oxygens (including phenoxy) is 1. The number of aromatic nitrogens is 3. The van der Waals surface area contributed by atoms with Gasteiger partial charge in [-0.05, 0) is 31.2 Å². The minimum absolute atomic E-state index is 0.280. The highest BCUT2D eigenvalue weighted by molar-refractivity contribution is 6.31. The smallest absolute Gasteiger partial charge is 0.218 e. The highest BCUT2D eigenvalue weighted by atomic mass is 35.5. The van der Waals surface area contributed by atoms with Crippen molar-refractivity contribution in [3.05, 3.63) is 88.0 Å². The molecule has 0 bridgehead atoms. The third-order valence-corrected chi connectivity index (χ3v) is 5.26. The molecule has 0 aliphatic rings. The summed E-state index contributed by atoms with van der Waals surface area (Å²) in [7, 11) is 1.91. The number of aryl methyl sites for hydroxylation is 2.